The van der Waals surface area contributed by atoms with Crippen LogP contribution in [0.5, 0.6) is 11.5 Å². The van der Waals surface area contributed by atoms with E-state index in [1.807, 2.05) is 13.8 Å². The molecule has 1 fully saturated rings. The van der Waals surface area contributed by atoms with E-state index >= 15 is 0 Å². The van der Waals surface area contributed by atoms with Gasteiger partial charge in [0.1, 0.15) is 0 Å². The predicted molar refractivity (Wildman–Crippen MR) is 96.3 cm³/mol. The van der Waals surface area contributed by atoms with Gasteiger partial charge in [-0.15, -0.1) is 0 Å². The zero-order chi connectivity index (χ0) is 19.2. The first-order chi connectivity index (χ1) is 12.4. The SMILES string of the molecule is CCCCOc1c(Cl)cc(C(=O)NC2(C(=O)O)CCOC2)cc1OCC. The highest BCUT2D eigenvalue weighted by Crippen LogP contribution is 2.37. The summed E-state index contributed by atoms with van der Waals surface area (Å²) < 4.78 is 16.4. The molecule has 0 spiro atoms. The van der Waals surface area contributed by atoms with Crippen LogP contribution in [-0.4, -0.2) is 48.9 Å². The third-order valence-corrected chi connectivity index (χ3v) is 4.38. The Morgan fingerprint density at radius 1 is 1.35 bits per heavy atom. The van der Waals surface area contributed by atoms with E-state index in [0.29, 0.717) is 24.7 Å². The molecule has 1 aromatic carbocycles. The maximum absolute atomic E-state index is 12.6. The topological polar surface area (TPSA) is 94.1 Å². The van der Waals surface area contributed by atoms with Crippen molar-refractivity contribution in [1.82, 2.24) is 5.32 Å². The molecule has 1 unspecified atom stereocenters. The molecule has 1 atom stereocenters. The van der Waals surface area contributed by atoms with Gasteiger partial charge in [-0.3, -0.25) is 4.79 Å². The minimum atomic E-state index is -1.42. The van der Waals surface area contributed by atoms with Crippen LogP contribution in [-0.2, 0) is 9.53 Å². The molecule has 1 saturated heterocycles. The van der Waals surface area contributed by atoms with E-state index in [-0.39, 0.29) is 30.2 Å². The normalized spacial score (nSPS) is 19.2. The Bertz CT molecular complexity index is 657. The fraction of sp³-hybridized carbons (Fsp3) is 0.556. The summed E-state index contributed by atoms with van der Waals surface area (Å²) >= 11 is 6.28. The van der Waals surface area contributed by atoms with Crippen LogP contribution in [0.25, 0.3) is 0 Å². The van der Waals surface area contributed by atoms with Crippen LogP contribution >= 0.6 is 11.6 Å². The molecule has 0 aliphatic carbocycles. The van der Waals surface area contributed by atoms with Gasteiger partial charge in [0, 0.05) is 18.6 Å². The van der Waals surface area contributed by atoms with Crippen LogP contribution in [0.15, 0.2) is 12.1 Å². The van der Waals surface area contributed by atoms with Gasteiger partial charge in [-0.1, -0.05) is 24.9 Å². The minimum absolute atomic E-state index is 0.0711. The Morgan fingerprint density at radius 3 is 2.69 bits per heavy atom. The van der Waals surface area contributed by atoms with E-state index in [0.717, 1.165) is 12.8 Å². The van der Waals surface area contributed by atoms with E-state index in [9.17, 15) is 14.7 Å². The predicted octanol–water partition coefficient (Wildman–Crippen LogP) is 2.89. The first-order valence-corrected chi connectivity index (χ1v) is 9.04. The Morgan fingerprint density at radius 2 is 2.12 bits per heavy atom. The number of nitrogens with one attached hydrogen (secondary N) is 1. The number of carbonyl (C=O) groups excluding carboxylic acids is 1. The van der Waals surface area contributed by atoms with Gasteiger partial charge in [0.05, 0.1) is 24.8 Å². The molecule has 1 aromatic rings. The van der Waals surface area contributed by atoms with E-state index in [1.165, 1.54) is 12.1 Å². The second kappa shape index (κ2) is 9.09. The van der Waals surface area contributed by atoms with Gasteiger partial charge < -0.3 is 24.6 Å². The van der Waals surface area contributed by atoms with Gasteiger partial charge in [0.25, 0.3) is 5.91 Å². The zero-order valence-corrected chi connectivity index (χ0v) is 15.7. The first-order valence-electron chi connectivity index (χ1n) is 8.66. The van der Waals surface area contributed by atoms with Crippen molar-refractivity contribution in [3.05, 3.63) is 22.7 Å². The van der Waals surface area contributed by atoms with Crippen molar-refractivity contribution in [1.29, 1.82) is 0 Å². The molecule has 1 amide bonds. The Balaban J connectivity index is 2.25. The second-order valence-electron chi connectivity index (χ2n) is 6.06. The molecule has 1 aliphatic heterocycles. The summed E-state index contributed by atoms with van der Waals surface area (Å²) in [7, 11) is 0. The molecule has 26 heavy (non-hydrogen) atoms. The van der Waals surface area contributed by atoms with Crippen LogP contribution < -0.4 is 14.8 Å². The standard InChI is InChI=1S/C18H24ClNO6/c1-3-5-7-26-15-13(19)9-12(10-14(15)25-4-2)16(21)20-18(17(22)23)6-8-24-11-18/h9-10H,3-8,11H2,1-2H3,(H,20,21)(H,22,23). The molecule has 1 aliphatic rings. The molecule has 0 saturated carbocycles. The largest absolute Gasteiger partial charge is 0.490 e. The highest BCUT2D eigenvalue weighted by molar-refractivity contribution is 6.32. The average Bonchev–Trinajstić information content (AvgIpc) is 3.07. The molecular weight excluding hydrogens is 362 g/mol. The number of hydrogen-bond acceptors (Lipinski definition) is 5. The van der Waals surface area contributed by atoms with Crippen molar-refractivity contribution in [2.45, 2.75) is 38.6 Å². The van der Waals surface area contributed by atoms with E-state index in [1.54, 1.807) is 0 Å². The molecule has 0 aromatic heterocycles. The maximum Gasteiger partial charge on any atom is 0.331 e. The maximum atomic E-state index is 12.6. The molecule has 1 heterocycles. The number of amides is 1. The molecule has 0 bridgehead atoms. The summed E-state index contributed by atoms with van der Waals surface area (Å²) in [6.45, 7) is 4.93. The van der Waals surface area contributed by atoms with Gasteiger partial charge in [-0.25, -0.2) is 4.79 Å². The highest BCUT2D eigenvalue weighted by Gasteiger charge is 2.44. The van der Waals surface area contributed by atoms with Gasteiger partial charge in [0.15, 0.2) is 17.0 Å². The third kappa shape index (κ3) is 4.59. The summed E-state index contributed by atoms with van der Waals surface area (Å²) in [5.74, 6) is -0.941. The van der Waals surface area contributed by atoms with E-state index in [2.05, 4.69) is 5.32 Å². The number of aliphatic carboxylic acids is 1. The number of halogens is 1. The lowest BCUT2D eigenvalue weighted by atomic mass is 9.98. The van der Waals surface area contributed by atoms with Crippen molar-refractivity contribution in [3.63, 3.8) is 0 Å². The molecule has 7 nitrogen and oxygen atoms in total. The van der Waals surface area contributed by atoms with Gasteiger partial charge >= 0.3 is 5.97 Å². The van der Waals surface area contributed by atoms with Crippen molar-refractivity contribution in [2.24, 2.45) is 0 Å². The number of unbranched alkanes of at least 4 members (excludes halogenated alkanes) is 1. The van der Waals surface area contributed by atoms with E-state index in [4.69, 9.17) is 25.8 Å². The summed E-state index contributed by atoms with van der Waals surface area (Å²) in [5.41, 5.74) is -1.22. The van der Waals surface area contributed by atoms with Crippen molar-refractivity contribution < 1.29 is 28.9 Å². The number of carboxylic acid groups (broad SMARTS) is 1. The van der Waals surface area contributed by atoms with Crippen molar-refractivity contribution in [2.75, 3.05) is 26.4 Å². The molecule has 144 valence electrons. The molecule has 0 radical (unpaired) electrons. The average molecular weight is 386 g/mol. The Hall–Kier alpha value is -1.99. The molecule has 2 rings (SSSR count). The minimum Gasteiger partial charge on any atom is -0.490 e. The van der Waals surface area contributed by atoms with Gasteiger partial charge in [-0.2, -0.15) is 0 Å². The smallest absolute Gasteiger partial charge is 0.331 e. The zero-order valence-electron chi connectivity index (χ0n) is 15.0. The van der Waals surface area contributed by atoms with Crippen molar-refractivity contribution >= 4 is 23.5 Å². The highest BCUT2D eigenvalue weighted by atomic mass is 35.5. The monoisotopic (exact) mass is 385 g/mol. The molecule has 2 N–H and O–H groups in total. The Labute approximate surface area is 157 Å². The summed E-state index contributed by atoms with van der Waals surface area (Å²) in [5, 5.41) is 12.3. The van der Waals surface area contributed by atoms with Gasteiger partial charge in [0.2, 0.25) is 0 Å². The summed E-state index contributed by atoms with van der Waals surface area (Å²) in [6.07, 6.45) is 2.05. The van der Waals surface area contributed by atoms with Gasteiger partial charge in [-0.05, 0) is 25.5 Å². The lowest BCUT2D eigenvalue weighted by molar-refractivity contribution is -0.144. The fourth-order valence-corrected chi connectivity index (χ4v) is 2.86. The summed E-state index contributed by atoms with van der Waals surface area (Å²) in [6, 6.07) is 2.96. The second-order valence-corrected chi connectivity index (χ2v) is 6.47. The fourth-order valence-electron chi connectivity index (χ4n) is 2.60. The number of benzene rings is 1. The first kappa shape index (κ1) is 20.3. The molecule has 8 heteroatoms. The van der Waals surface area contributed by atoms with Crippen LogP contribution in [0.2, 0.25) is 5.02 Å². The number of ether oxygens (including phenoxy) is 3. The number of rotatable bonds is 9. The van der Waals surface area contributed by atoms with Crippen LogP contribution in [0.1, 0.15) is 43.5 Å². The summed E-state index contributed by atoms with van der Waals surface area (Å²) in [4.78, 5) is 24.2. The third-order valence-electron chi connectivity index (χ3n) is 4.10. The van der Waals surface area contributed by atoms with Crippen LogP contribution in [0.3, 0.4) is 0 Å². The number of carboxylic acids is 1. The quantitative estimate of drug-likeness (QED) is 0.635. The number of hydrogen-bond donors (Lipinski definition) is 2. The van der Waals surface area contributed by atoms with E-state index < -0.39 is 17.4 Å². The van der Waals surface area contributed by atoms with Crippen LogP contribution in [0.4, 0.5) is 0 Å². The Kier molecular flexibility index (Phi) is 7.11. The van der Waals surface area contributed by atoms with Crippen LogP contribution in [0, 0.1) is 0 Å². The molecular formula is C18H24ClNO6. The lowest BCUT2D eigenvalue weighted by Crippen LogP contribution is -2.55. The van der Waals surface area contributed by atoms with Crippen molar-refractivity contribution in [3.8, 4) is 11.5 Å². The lowest BCUT2D eigenvalue weighted by Gasteiger charge is -2.24. The number of carbonyl (C=O) groups is 2.